The van der Waals surface area contributed by atoms with Gasteiger partial charge in [0.15, 0.2) is 0 Å². The minimum atomic E-state index is 0.127. The largest absolute Gasteiger partial charge is 0.457 e. The van der Waals surface area contributed by atoms with Gasteiger partial charge in [-0.05, 0) is 51.0 Å². The third kappa shape index (κ3) is 3.83. The fourth-order valence-corrected chi connectivity index (χ4v) is 2.05. The fraction of sp³-hybridized carbons (Fsp3) is 0.294. The van der Waals surface area contributed by atoms with Gasteiger partial charge in [-0.1, -0.05) is 35.4 Å². The molecule has 2 rings (SSSR count). The van der Waals surface area contributed by atoms with Gasteiger partial charge in [0.25, 0.3) is 0 Å². The van der Waals surface area contributed by atoms with Crippen molar-refractivity contribution in [2.45, 2.75) is 33.2 Å². The zero-order valence-electron chi connectivity index (χ0n) is 11.8. The Labute approximate surface area is 115 Å². The molecular formula is C17H21NO. The van der Waals surface area contributed by atoms with Crippen molar-refractivity contribution in [2.24, 2.45) is 5.73 Å². The van der Waals surface area contributed by atoms with Crippen LogP contribution in [0.1, 0.15) is 23.6 Å². The van der Waals surface area contributed by atoms with E-state index >= 15 is 0 Å². The highest BCUT2D eigenvalue weighted by Gasteiger charge is 2.07. The van der Waals surface area contributed by atoms with Crippen molar-refractivity contribution in [3.8, 4) is 11.5 Å². The Bertz CT molecular complexity index is 544. The maximum absolute atomic E-state index is 5.96. The van der Waals surface area contributed by atoms with E-state index in [1.807, 2.05) is 25.1 Å². The van der Waals surface area contributed by atoms with Crippen LogP contribution in [0.5, 0.6) is 11.5 Å². The zero-order valence-corrected chi connectivity index (χ0v) is 11.8. The van der Waals surface area contributed by atoms with Gasteiger partial charge in [0, 0.05) is 6.04 Å². The molecule has 0 radical (unpaired) electrons. The molecule has 0 saturated heterocycles. The highest BCUT2D eigenvalue weighted by molar-refractivity contribution is 5.41. The Morgan fingerprint density at radius 3 is 2.26 bits per heavy atom. The van der Waals surface area contributed by atoms with Crippen LogP contribution >= 0.6 is 0 Å². The lowest BCUT2D eigenvalue weighted by Crippen LogP contribution is -2.18. The van der Waals surface area contributed by atoms with Crippen molar-refractivity contribution in [1.29, 1.82) is 0 Å². The lowest BCUT2D eigenvalue weighted by Gasteiger charge is -2.14. The predicted octanol–water partition coefficient (Wildman–Crippen LogP) is 3.99. The Kier molecular flexibility index (Phi) is 4.23. The van der Waals surface area contributed by atoms with Gasteiger partial charge in [-0.2, -0.15) is 0 Å². The van der Waals surface area contributed by atoms with E-state index in [4.69, 9.17) is 10.5 Å². The first-order valence-electron chi connectivity index (χ1n) is 6.64. The van der Waals surface area contributed by atoms with Gasteiger partial charge in [0.1, 0.15) is 11.5 Å². The van der Waals surface area contributed by atoms with E-state index in [0.717, 1.165) is 23.5 Å². The summed E-state index contributed by atoms with van der Waals surface area (Å²) >= 11 is 0. The fourth-order valence-electron chi connectivity index (χ4n) is 2.05. The third-order valence-electron chi connectivity index (χ3n) is 3.01. The van der Waals surface area contributed by atoms with Gasteiger partial charge in [-0.15, -0.1) is 0 Å². The van der Waals surface area contributed by atoms with Crippen molar-refractivity contribution < 1.29 is 4.74 Å². The molecule has 2 N–H and O–H groups in total. The molecule has 100 valence electrons. The summed E-state index contributed by atoms with van der Waals surface area (Å²) in [7, 11) is 0. The molecule has 0 saturated carbocycles. The lowest BCUT2D eigenvalue weighted by molar-refractivity contribution is 0.473. The average molecular weight is 255 g/mol. The molecule has 0 fully saturated rings. The monoisotopic (exact) mass is 255 g/mol. The van der Waals surface area contributed by atoms with Crippen LogP contribution in [-0.2, 0) is 6.42 Å². The molecule has 0 aliphatic carbocycles. The summed E-state index contributed by atoms with van der Waals surface area (Å²) in [6.07, 6.45) is 0.822. The molecule has 0 spiro atoms. The van der Waals surface area contributed by atoms with Crippen molar-refractivity contribution in [2.75, 3.05) is 0 Å². The third-order valence-corrected chi connectivity index (χ3v) is 3.01. The normalized spacial score (nSPS) is 12.2. The summed E-state index contributed by atoms with van der Waals surface area (Å²) < 4.78 is 5.96. The molecule has 2 heteroatoms. The Balaban J connectivity index is 2.26. The molecule has 0 aromatic heterocycles. The van der Waals surface area contributed by atoms with E-state index in [-0.39, 0.29) is 6.04 Å². The minimum absolute atomic E-state index is 0.127. The zero-order chi connectivity index (χ0) is 13.8. The number of rotatable bonds is 4. The second-order valence-corrected chi connectivity index (χ2v) is 5.21. The van der Waals surface area contributed by atoms with Crippen LogP contribution in [0.2, 0.25) is 0 Å². The summed E-state index contributed by atoms with van der Waals surface area (Å²) in [4.78, 5) is 0. The predicted molar refractivity (Wildman–Crippen MR) is 79.8 cm³/mol. The van der Waals surface area contributed by atoms with Gasteiger partial charge in [-0.3, -0.25) is 0 Å². The minimum Gasteiger partial charge on any atom is -0.457 e. The topological polar surface area (TPSA) is 35.2 Å². The summed E-state index contributed by atoms with van der Waals surface area (Å²) in [6.45, 7) is 6.16. The summed E-state index contributed by atoms with van der Waals surface area (Å²) in [6, 6.07) is 14.4. The molecule has 19 heavy (non-hydrogen) atoms. The van der Waals surface area contributed by atoms with E-state index < -0.39 is 0 Å². The van der Waals surface area contributed by atoms with Crippen molar-refractivity contribution in [3.63, 3.8) is 0 Å². The first kappa shape index (κ1) is 13.6. The second-order valence-electron chi connectivity index (χ2n) is 5.21. The molecule has 1 unspecified atom stereocenters. The summed E-state index contributed by atoms with van der Waals surface area (Å²) in [5.74, 6) is 1.76. The maximum Gasteiger partial charge on any atom is 0.130 e. The molecule has 0 aliphatic rings. The molecule has 2 nitrogen and oxygen atoms in total. The molecule has 2 aromatic carbocycles. The van der Waals surface area contributed by atoms with Crippen molar-refractivity contribution in [3.05, 3.63) is 59.2 Å². The van der Waals surface area contributed by atoms with Crippen LogP contribution < -0.4 is 10.5 Å². The standard InChI is InChI=1S/C17H21NO/c1-12-4-7-16(8-5-12)19-17-9-6-13(2)10-15(17)11-14(3)18/h4-10,14H,11,18H2,1-3H3. The van der Waals surface area contributed by atoms with Crippen molar-refractivity contribution in [1.82, 2.24) is 0 Å². The number of nitrogens with two attached hydrogens (primary N) is 1. The van der Waals surface area contributed by atoms with E-state index in [1.165, 1.54) is 11.1 Å². The molecule has 2 aromatic rings. The molecule has 0 aliphatic heterocycles. The Morgan fingerprint density at radius 1 is 1.00 bits per heavy atom. The first-order chi connectivity index (χ1) is 9.04. The highest BCUT2D eigenvalue weighted by Crippen LogP contribution is 2.27. The number of benzene rings is 2. The van der Waals surface area contributed by atoms with E-state index in [1.54, 1.807) is 0 Å². The Morgan fingerprint density at radius 2 is 1.63 bits per heavy atom. The Hall–Kier alpha value is -1.80. The number of ether oxygens (including phenoxy) is 1. The van der Waals surface area contributed by atoms with Crippen LogP contribution in [0, 0.1) is 13.8 Å². The molecule has 0 bridgehead atoms. The van der Waals surface area contributed by atoms with E-state index in [0.29, 0.717) is 0 Å². The van der Waals surface area contributed by atoms with E-state index in [2.05, 4.69) is 38.1 Å². The molecule has 0 heterocycles. The molecular weight excluding hydrogens is 234 g/mol. The first-order valence-corrected chi connectivity index (χ1v) is 6.64. The number of aryl methyl sites for hydroxylation is 2. The van der Waals surface area contributed by atoms with Gasteiger partial charge < -0.3 is 10.5 Å². The average Bonchev–Trinajstić information content (AvgIpc) is 2.34. The van der Waals surface area contributed by atoms with Crippen LogP contribution in [0.4, 0.5) is 0 Å². The second kappa shape index (κ2) is 5.89. The van der Waals surface area contributed by atoms with Crippen LogP contribution in [0.25, 0.3) is 0 Å². The van der Waals surface area contributed by atoms with E-state index in [9.17, 15) is 0 Å². The lowest BCUT2D eigenvalue weighted by atomic mass is 10.0. The van der Waals surface area contributed by atoms with Gasteiger partial charge >= 0.3 is 0 Å². The SMILES string of the molecule is Cc1ccc(Oc2ccc(C)cc2CC(C)N)cc1. The van der Waals surface area contributed by atoms with Crippen LogP contribution in [-0.4, -0.2) is 6.04 Å². The van der Waals surface area contributed by atoms with Gasteiger partial charge in [0.05, 0.1) is 0 Å². The molecule has 0 amide bonds. The highest BCUT2D eigenvalue weighted by atomic mass is 16.5. The smallest absolute Gasteiger partial charge is 0.130 e. The number of hydrogen-bond acceptors (Lipinski definition) is 2. The van der Waals surface area contributed by atoms with Crippen LogP contribution in [0.15, 0.2) is 42.5 Å². The quantitative estimate of drug-likeness (QED) is 0.896. The van der Waals surface area contributed by atoms with Gasteiger partial charge in [0.2, 0.25) is 0 Å². The van der Waals surface area contributed by atoms with Crippen LogP contribution in [0.3, 0.4) is 0 Å². The maximum atomic E-state index is 5.96. The van der Waals surface area contributed by atoms with Gasteiger partial charge in [-0.25, -0.2) is 0 Å². The van der Waals surface area contributed by atoms with Crippen molar-refractivity contribution >= 4 is 0 Å². The summed E-state index contributed by atoms with van der Waals surface area (Å²) in [5.41, 5.74) is 9.52. The number of hydrogen-bond donors (Lipinski definition) is 1. The molecule has 1 atom stereocenters. The summed E-state index contributed by atoms with van der Waals surface area (Å²) in [5, 5.41) is 0.